The molecule has 4 heteroatoms. The number of hydrogen-bond acceptors (Lipinski definition) is 2. The fourth-order valence-corrected chi connectivity index (χ4v) is 8.79. The van der Waals surface area contributed by atoms with Gasteiger partial charge in [-0.05, 0) is 46.8 Å². The topological polar surface area (TPSA) is 35.1 Å². The molecule has 0 saturated heterocycles. The van der Waals surface area contributed by atoms with Gasteiger partial charge in [0.15, 0.2) is 5.82 Å². The summed E-state index contributed by atoms with van der Waals surface area (Å²) in [6.45, 7) is 0. The van der Waals surface area contributed by atoms with Crippen LogP contribution in [0.5, 0.6) is 0 Å². The summed E-state index contributed by atoms with van der Waals surface area (Å²) < 4.78 is 4.90. The third-order valence-corrected chi connectivity index (χ3v) is 11.0. The van der Waals surface area contributed by atoms with E-state index in [1.54, 1.807) is 0 Å². The highest BCUT2D eigenvalue weighted by atomic mass is 15.1. The van der Waals surface area contributed by atoms with Crippen molar-refractivity contribution in [2.45, 2.75) is 0 Å². The lowest BCUT2D eigenvalue weighted by molar-refractivity contribution is 1.08. The molecule has 52 heavy (non-hydrogen) atoms. The minimum Gasteiger partial charge on any atom is -0.307 e. The highest BCUT2D eigenvalue weighted by Gasteiger charge is 2.26. The van der Waals surface area contributed by atoms with Crippen LogP contribution < -0.4 is 0 Å². The number of rotatable bonds is 3. The minimum absolute atomic E-state index is 0.707. The van der Waals surface area contributed by atoms with E-state index in [1.165, 1.54) is 70.8 Å². The van der Waals surface area contributed by atoms with Crippen LogP contribution in [0.1, 0.15) is 0 Å². The second-order valence-electron chi connectivity index (χ2n) is 13.8. The number of benzene rings is 8. The molecule has 0 radical (unpaired) electrons. The van der Waals surface area contributed by atoms with Gasteiger partial charge in [-0.2, -0.15) is 0 Å². The monoisotopic (exact) mass is 660 g/mol. The molecule has 240 valence electrons. The average molecular weight is 661 g/mol. The van der Waals surface area contributed by atoms with Crippen LogP contribution in [0.15, 0.2) is 170 Å². The first-order chi connectivity index (χ1) is 25.8. The molecule has 0 fully saturated rings. The van der Waals surface area contributed by atoms with Crippen molar-refractivity contribution < 1.29 is 0 Å². The quantitative estimate of drug-likeness (QED) is 0.189. The van der Waals surface area contributed by atoms with Crippen LogP contribution in [-0.4, -0.2) is 18.9 Å². The first kappa shape index (κ1) is 27.7. The van der Waals surface area contributed by atoms with Gasteiger partial charge in [-0.25, -0.2) is 9.97 Å². The zero-order valence-electron chi connectivity index (χ0n) is 28.0. The molecule has 4 heterocycles. The van der Waals surface area contributed by atoms with Crippen molar-refractivity contribution in [3.8, 4) is 28.3 Å². The van der Waals surface area contributed by atoms with Crippen molar-refractivity contribution in [3.05, 3.63) is 170 Å². The van der Waals surface area contributed by atoms with E-state index in [0.29, 0.717) is 5.82 Å². The summed E-state index contributed by atoms with van der Waals surface area (Å²) in [5.74, 6) is 1.59. The number of nitrogens with zero attached hydrogens (tertiary/aromatic N) is 4. The minimum atomic E-state index is 0.707. The van der Waals surface area contributed by atoms with Crippen molar-refractivity contribution in [3.63, 3.8) is 0 Å². The molecule has 0 atom stereocenters. The second-order valence-corrected chi connectivity index (χ2v) is 13.8. The largest absolute Gasteiger partial charge is 0.307 e. The van der Waals surface area contributed by atoms with E-state index in [-0.39, 0.29) is 0 Å². The Morgan fingerprint density at radius 3 is 1.87 bits per heavy atom. The van der Waals surface area contributed by atoms with Crippen molar-refractivity contribution in [2.24, 2.45) is 0 Å². The normalized spacial score (nSPS) is 12.2. The molecule has 0 N–H and O–H groups in total. The molecule has 0 aliphatic heterocycles. The maximum atomic E-state index is 5.45. The number of hydrogen-bond donors (Lipinski definition) is 0. The lowest BCUT2D eigenvalue weighted by atomic mass is 10.00. The zero-order valence-corrected chi connectivity index (χ0v) is 28.0. The van der Waals surface area contributed by atoms with E-state index in [1.807, 2.05) is 6.07 Å². The van der Waals surface area contributed by atoms with E-state index >= 15 is 0 Å². The van der Waals surface area contributed by atoms with E-state index < -0.39 is 0 Å². The lowest BCUT2D eigenvalue weighted by Gasteiger charge is -2.13. The van der Waals surface area contributed by atoms with Gasteiger partial charge in [0.05, 0.1) is 33.1 Å². The second kappa shape index (κ2) is 10.3. The van der Waals surface area contributed by atoms with Gasteiger partial charge in [0.2, 0.25) is 0 Å². The molecular formula is C48H28N4. The number of para-hydroxylation sites is 3. The van der Waals surface area contributed by atoms with Gasteiger partial charge >= 0.3 is 0 Å². The SMILES string of the molecule is c1ccc(-c2ccc(-c3nc(-n4c5ccccc5c5c6c7ccc8ccccc8c7n7c8ccccc8c(cc54)c67)c4ccccc4n3)cc2)cc1. The van der Waals surface area contributed by atoms with Gasteiger partial charge in [0.1, 0.15) is 5.82 Å². The summed E-state index contributed by atoms with van der Waals surface area (Å²) in [5.41, 5.74) is 10.3. The van der Waals surface area contributed by atoms with Crippen LogP contribution in [0.25, 0.3) is 110 Å². The Bertz CT molecular complexity index is 3390. The highest BCUT2D eigenvalue weighted by Crippen LogP contribution is 2.48. The van der Waals surface area contributed by atoms with Crippen molar-refractivity contribution in [2.75, 3.05) is 0 Å². The van der Waals surface area contributed by atoms with E-state index in [2.05, 4.69) is 173 Å². The third kappa shape index (κ3) is 3.65. The summed E-state index contributed by atoms with van der Waals surface area (Å²) in [5, 5.41) is 11.0. The Morgan fingerprint density at radius 1 is 0.365 bits per heavy atom. The van der Waals surface area contributed by atoms with Crippen LogP contribution in [0.4, 0.5) is 0 Å². The maximum Gasteiger partial charge on any atom is 0.162 e. The first-order valence-electron chi connectivity index (χ1n) is 17.8. The van der Waals surface area contributed by atoms with Crippen LogP contribution >= 0.6 is 0 Å². The molecule has 0 aliphatic carbocycles. The van der Waals surface area contributed by atoms with Crippen molar-refractivity contribution >= 4 is 81.6 Å². The molecule has 0 amide bonds. The van der Waals surface area contributed by atoms with Gasteiger partial charge in [-0.3, -0.25) is 4.57 Å². The Balaban J connectivity index is 1.23. The highest BCUT2D eigenvalue weighted by molar-refractivity contribution is 6.37. The Hall–Kier alpha value is -7.04. The molecule has 12 rings (SSSR count). The summed E-state index contributed by atoms with van der Waals surface area (Å²) in [6, 6.07) is 60.9. The van der Waals surface area contributed by atoms with Crippen LogP contribution in [-0.2, 0) is 0 Å². The number of fused-ring (bicyclic) bond motifs is 13. The molecule has 0 spiro atoms. The zero-order chi connectivity index (χ0) is 33.9. The first-order valence-corrected chi connectivity index (χ1v) is 17.8. The average Bonchev–Trinajstić information content (AvgIpc) is 3.85. The molecule has 4 aromatic heterocycles. The van der Waals surface area contributed by atoms with Gasteiger partial charge in [0.25, 0.3) is 0 Å². The molecule has 12 aromatic rings. The Labute approximate surface area is 297 Å². The van der Waals surface area contributed by atoms with E-state index in [4.69, 9.17) is 9.97 Å². The van der Waals surface area contributed by atoms with Gasteiger partial charge in [-0.1, -0.05) is 140 Å². The van der Waals surface area contributed by atoms with Gasteiger partial charge in [0, 0.05) is 48.7 Å². The summed E-state index contributed by atoms with van der Waals surface area (Å²) in [4.78, 5) is 10.6. The van der Waals surface area contributed by atoms with Gasteiger partial charge in [-0.15, -0.1) is 0 Å². The lowest BCUT2D eigenvalue weighted by Crippen LogP contribution is -2.02. The summed E-state index contributed by atoms with van der Waals surface area (Å²) in [7, 11) is 0. The molecule has 8 aromatic carbocycles. The molecule has 0 saturated carbocycles. The van der Waals surface area contributed by atoms with Crippen molar-refractivity contribution in [1.29, 1.82) is 0 Å². The van der Waals surface area contributed by atoms with Crippen LogP contribution in [0, 0.1) is 0 Å². The number of aromatic nitrogens is 4. The molecular weight excluding hydrogens is 633 g/mol. The fourth-order valence-electron chi connectivity index (χ4n) is 8.79. The molecule has 4 nitrogen and oxygen atoms in total. The Kier molecular flexibility index (Phi) is 5.47. The van der Waals surface area contributed by atoms with Crippen LogP contribution in [0.3, 0.4) is 0 Å². The van der Waals surface area contributed by atoms with Crippen molar-refractivity contribution in [1.82, 2.24) is 18.9 Å². The fraction of sp³-hybridized carbons (Fsp3) is 0. The summed E-state index contributed by atoms with van der Waals surface area (Å²) in [6.07, 6.45) is 0. The van der Waals surface area contributed by atoms with Gasteiger partial charge < -0.3 is 4.40 Å². The predicted octanol–water partition coefficient (Wildman–Crippen LogP) is 12.4. The summed E-state index contributed by atoms with van der Waals surface area (Å²) >= 11 is 0. The van der Waals surface area contributed by atoms with E-state index in [9.17, 15) is 0 Å². The molecule has 0 unspecified atom stereocenters. The Morgan fingerprint density at radius 2 is 1.02 bits per heavy atom. The predicted molar refractivity (Wildman–Crippen MR) is 217 cm³/mol. The molecule has 0 aliphatic rings. The smallest absolute Gasteiger partial charge is 0.162 e. The standard InChI is InChI=1S/C48H28N4/c1-2-12-29(13-3-1)30-22-24-32(25-23-30)47-49-39-19-9-6-17-35(39)48(50-47)51-41-21-11-8-18-36(41)43-42(51)28-38-34-16-7-10-20-40(34)52-45-33-15-5-4-14-31(33)26-27-37(45)44(43)46(38)52/h1-28H. The van der Waals surface area contributed by atoms with E-state index in [0.717, 1.165) is 33.3 Å². The third-order valence-electron chi connectivity index (χ3n) is 11.0. The maximum absolute atomic E-state index is 5.45. The molecule has 0 bridgehead atoms. The van der Waals surface area contributed by atoms with Crippen LogP contribution in [0.2, 0.25) is 0 Å².